The van der Waals surface area contributed by atoms with E-state index in [9.17, 15) is 8.42 Å². The van der Waals surface area contributed by atoms with Gasteiger partial charge in [-0.25, -0.2) is 13.4 Å². The van der Waals surface area contributed by atoms with Crippen molar-refractivity contribution in [3.05, 3.63) is 12.3 Å². The first kappa shape index (κ1) is 17.4. The normalized spacial score (nSPS) is 20.5. The molecule has 3 rings (SSSR count). The predicted molar refractivity (Wildman–Crippen MR) is 92.7 cm³/mol. The monoisotopic (exact) mass is 354 g/mol. The predicted octanol–water partition coefficient (Wildman–Crippen LogP) is 1.52. The zero-order valence-electron chi connectivity index (χ0n) is 14.2. The summed E-state index contributed by atoms with van der Waals surface area (Å²) in [4.78, 5) is 10.7. The number of rotatable bonds is 6. The van der Waals surface area contributed by atoms with E-state index in [1.54, 1.807) is 16.6 Å². The Morgan fingerprint density at radius 1 is 1.21 bits per heavy atom. The largest absolute Gasteiger partial charge is 0.478 e. The van der Waals surface area contributed by atoms with Gasteiger partial charge in [-0.1, -0.05) is 12.8 Å². The Morgan fingerprint density at radius 2 is 1.92 bits per heavy atom. The van der Waals surface area contributed by atoms with Crippen LogP contribution in [0.25, 0.3) is 0 Å². The van der Waals surface area contributed by atoms with E-state index in [1.165, 1.54) is 12.8 Å². The fraction of sp³-hybridized carbons (Fsp3) is 0.750. The van der Waals surface area contributed by atoms with Crippen LogP contribution in [0.3, 0.4) is 0 Å². The molecule has 0 radical (unpaired) electrons. The average molecular weight is 354 g/mol. The lowest BCUT2D eigenvalue weighted by Crippen LogP contribution is -2.50. The molecule has 134 valence electrons. The minimum Gasteiger partial charge on any atom is -0.478 e. The Labute approximate surface area is 144 Å². The number of hydrogen-bond donors (Lipinski definition) is 0. The minimum atomic E-state index is -3.15. The lowest BCUT2D eigenvalue weighted by Gasteiger charge is -2.34. The fourth-order valence-corrected chi connectivity index (χ4v) is 5.32. The van der Waals surface area contributed by atoms with E-state index < -0.39 is 10.0 Å². The maximum absolute atomic E-state index is 12.6. The molecule has 0 atom stereocenters. The summed E-state index contributed by atoms with van der Waals surface area (Å²) in [5.41, 5.74) is 0. The number of anilines is 1. The van der Waals surface area contributed by atoms with Crippen molar-refractivity contribution in [2.24, 2.45) is 5.92 Å². The van der Waals surface area contributed by atoms with Gasteiger partial charge < -0.3 is 9.64 Å². The second kappa shape index (κ2) is 7.65. The van der Waals surface area contributed by atoms with Crippen LogP contribution >= 0.6 is 0 Å². The smallest absolute Gasteiger partial charge is 0.228 e. The Hall–Kier alpha value is -1.41. The number of aromatic nitrogens is 2. The molecular weight excluding hydrogens is 328 g/mol. The molecule has 0 amide bonds. The number of sulfonamides is 1. The summed E-state index contributed by atoms with van der Waals surface area (Å²) in [5.74, 6) is 1.82. The molecule has 2 heterocycles. The number of hydrogen-bond acceptors (Lipinski definition) is 6. The van der Waals surface area contributed by atoms with Crippen molar-refractivity contribution in [1.82, 2.24) is 14.3 Å². The lowest BCUT2D eigenvalue weighted by molar-refractivity contribution is 0.325. The summed E-state index contributed by atoms with van der Waals surface area (Å²) in [7, 11) is -3.15. The highest BCUT2D eigenvalue weighted by Crippen LogP contribution is 2.27. The van der Waals surface area contributed by atoms with Gasteiger partial charge in [0.05, 0.1) is 12.4 Å². The first-order chi connectivity index (χ1) is 11.6. The quantitative estimate of drug-likeness (QED) is 0.771. The van der Waals surface area contributed by atoms with E-state index in [2.05, 4.69) is 9.97 Å². The molecule has 1 saturated carbocycles. The van der Waals surface area contributed by atoms with Gasteiger partial charge in [-0.15, -0.1) is 0 Å². The van der Waals surface area contributed by atoms with Gasteiger partial charge in [-0.2, -0.15) is 9.29 Å². The number of piperazine rings is 1. The average Bonchev–Trinajstić information content (AvgIpc) is 3.08. The van der Waals surface area contributed by atoms with Gasteiger partial charge in [0.1, 0.15) is 0 Å². The zero-order valence-corrected chi connectivity index (χ0v) is 15.0. The Kier molecular flexibility index (Phi) is 5.55. The lowest BCUT2D eigenvalue weighted by atomic mass is 10.1. The first-order valence-electron chi connectivity index (χ1n) is 8.77. The highest BCUT2D eigenvalue weighted by molar-refractivity contribution is 7.89. The van der Waals surface area contributed by atoms with E-state index in [0.717, 1.165) is 12.8 Å². The van der Waals surface area contributed by atoms with Crippen molar-refractivity contribution in [2.45, 2.75) is 32.6 Å². The highest BCUT2D eigenvalue weighted by Gasteiger charge is 2.31. The molecule has 2 fully saturated rings. The van der Waals surface area contributed by atoms with Gasteiger partial charge in [0.2, 0.25) is 21.9 Å². The van der Waals surface area contributed by atoms with Crippen molar-refractivity contribution < 1.29 is 13.2 Å². The molecule has 0 aromatic carbocycles. The molecule has 0 spiro atoms. The SMILES string of the molecule is CCOc1ccnc(N2CCN(S(=O)(=O)CC3CCCC3)CC2)n1. The van der Waals surface area contributed by atoms with Crippen LogP contribution in [-0.2, 0) is 10.0 Å². The van der Waals surface area contributed by atoms with Crippen molar-refractivity contribution in [2.75, 3.05) is 43.4 Å². The summed E-state index contributed by atoms with van der Waals surface area (Å²) in [6.07, 6.45) is 6.12. The van der Waals surface area contributed by atoms with Crippen molar-refractivity contribution in [3.8, 4) is 5.88 Å². The molecule has 0 unspecified atom stereocenters. The van der Waals surface area contributed by atoms with Crippen LogP contribution in [0.4, 0.5) is 5.95 Å². The van der Waals surface area contributed by atoms with E-state index in [4.69, 9.17) is 4.74 Å². The Morgan fingerprint density at radius 3 is 2.58 bits per heavy atom. The molecule has 1 saturated heterocycles. The van der Waals surface area contributed by atoms with E-state index in [1.807, 2.05) is 11.8 Å². The standard InChI is InChI=1S/C16H26N4O3S/c1-2-23-15-7-8-17-16(18-15)19-9-11-20(12-10-19)24(21,22)13-14-5-3-4-6-14/h7-8,14H,2-6,9-13H2,1H3. The van der Waals surface area contributed by atoms with Gasteiger partial charge in [-0.05, 0) is 25.7 Å². The molecular formula is C16H26N4O3S. The van der Waals surface area contributed by atoms with E-state index >= 15 is 0 Å². The fourth-order valence-electron chi connectivity index (χ4n) is 3.46. The summed E-state index contributed by atoms with van der Waals surface area (Å²) < 4.78 is 32.2. The molecule has 0 N–H and O–H groups in total. The first-order valence-corrected chi connectivity index (χ1v) is 10.4. The minimum absolute atomic E-state index is 0.309. The van der Waals surface area contributed by atoms with E-state index in [-0.39, 0.29) is 0 Å². The van der Waals surface area contributed by atoms with E-state index in [0.29, 0.717) is 56.3 Å². The molecule has 1 aliphatic carbocycles. The van der Waals surface area contributed by atoms with Gasteiger partial charge in [0, 0.05) is 38.4 Å². The van der Waals surface area contributed by atoms with Crippen LogP contribution in [0.2, 0.25) is 0 Å². The van der Waals surface area contributed by atoms with Crippen LogP contribution in [-0.4, -0.2) is 61.2 Å². The number of nitrogens with zero attached hydrogens (tertiary/aromatic N) is 4. The third-order valence-corrected chi connectivity index (χ3v) is 6.79. The highest BCUT2D eigenvalue weighted by atomic mass is 32.2. The molecule has 8 heteroatoms. The molecule has 2 aliphatic rings. The third kappa shape index (κ3) is 4.16. The zero-order chi connectivity index (χ0) is 17.0. The summed E-state index contributed by atoms with van der Waals surface area (Å²) in [5, 5.41) is 0. The molecule has 1 aromatic rings. The van der Waals surface area contributed by atoms with Gasteiger partial charge in [0.15, 0.2) is 0 Å². The van der Waals surface area contributed by atoms with Crippen LogP contribution in [0, 0.1) is 5.92 Å². The maximum Gasteiger partial charge on any atom is 0.228 e. The van der Waals surface area contributed by atoms with Gasteiger partial charge in [-0.3, -0.25) is 0 Å². The van der Waals surface area contributed by atoms with Gasteiger partial charge in [0.25, 0.3) is 0 Å². The second-order valence-electron chi connectivity index (χ2n) is 6.44. The Bertz CT molecular complexity index is 638. The summed E-state index contributed by atoms with van der Waals surface area (Å²) >= 11 is 0. The number of ether oxygens (including phenoxy) is 1. The molecule has 1 aliphatic heterocycles. The second-order valence-corrected chi connectivity index (χ2v) is 8.46. The molecule has 7 nitrogen and oxygen atoms in total. The van der Waals surface area contributed by atoms with Gasteiger partial charge >= 0.3 is 0 Å². The molecule has 1 aromatic heterocycles. The third-order valence-electron chi connectivity index (χ3n) is 4.75. The van der Waals surface area contributed by atoms with Crippen LogP contribution in [0.1, 0.15) is 32.6 Å². The van der Waals surface area contributed by atoms with Crippen molar-refractivity contribution >= 4 is 16.0 Å². The summed E-state index contributed by atoms with van der Waals surface area (Å²) in [6.45, 7) is 4.69. The van der Waals surface area contributed by atoms with Crippen LogP contribution in [0.5, 0.6) is 5.88 Å². The topological polar surface area (TPSA) is 75.6 Å². The molecule has 24 heavy (non-hydrogen) atoms. The summed E-state index contributed by atoms with van der Waals surface area (Å²) in [6, 6.07) is 1.73. The van der Waals surface area contributed by atoms with Crippen LogP contribution in [0.15, 0.2) is 12.3 Å². The van der Waals surface area contributed by atoms with Crippen molar-refractivity contribution in [3.63, 3.8) is 0 Å². The van der Waals surface area contributed by atoms with Crippen molar-refractivity contribution in [1.29, 1.82) is 0 Å². The Balaban J connectivity index is 1.58. The van der Waals surface area contributed by atoms with Crippen LogP contribution < -0.4 is 9.64 Å². The maximum atomic E-state index is 12.6. The molecule has 0 bridgehead atoms.